The van der Waals surface area contributed by atoms with Gasteiger partial charge >= 0.3 is 11.9 Å². The number of halogens is 1. The molecule has 41 heavy (non-hydrogen) atoms. The topological polar surface area (TPSA) is 108 Å². The minimum atomic E-state index is -0.776. The van der Waals surface area contributed by atoms with E-state index in [1.54, 1.807) is 12.1 Å². The molecule has 4 atom stereocenters. The second kappa shape index (κ2) is 11.2. The molecule has 6 rings (SSSR count). The maximum Gasteiger partial charge on any atom is 0.344 e. The molecule has 4 unspecified atom stereocenters. The third-order valence-electron chi connectivity index (χ3n) is 7.59. The second-order valence-corrected chi connectivity index (χ2v) is 11.0. The first kappa shape index (κ1) is 27.3. The normalized spacial score (nSPS) is 21.8. The van der Waals surface area contributed by atoms with Gasteiger partial charge in [0.2, 0.25) is 12.5 Å². The van der Waals surface area contributed by atoms with Crippen LogP contribution < -0.4 is 28.4 Å². The predicted octanol–water partition coefficient (Wildman–Crippen LogP) is 4.64. The number of fused-ring (bicyclic) bond motifs is 3. The minimum absolute atomic E-state index is 0.0658. The molecule has 2 aliphatic heterocycles. The van der Waals surface area contributed by atoms with Crippen LogP contribution in [0.2, 0.25) is 0 Å². The Balaban J connectivity index is 1.41. The van der Waals surface area contributed by atoms with Crippen molar-refractivity contribution in [1.82, 2.24) is 0 Å². The van der Waals surface area contributed by atoms with Gasteiger partial charge in [-0.3, -0.25) is 4.79 Å². The number of hydrogen-bond acceptors (Lipinski definition) is 10. The number of hydrogen-bond donors (Lipinski definition) is 0. The van der Waals surface area contributed by atoms with E-state index in [0.717, 1.165) is 14.7 Å². The van der Waals surface area contributed by atoms with E-state index >= 15 is 0 Å². The van der Waals surface area contributed by atoms with Crippen LogP contribution in [-0.2, 0) is 19.1 Å². The highest BCUT2D eigenvalue weighted by molar-refractivity contribution is 14.1. The third kappa shape index (κ3) is 4.96. The SMILES string of the molecule is COc1cc(C2c3cc4c(cc3C(OC(=O)COc3ccc(I)cc3)C3COC(=O)C23)OCO4)cc(OC)c1OC. The fourth-order valence-corrected chi connectivity index (χ4v) is 6.15. The van der Waals surface area contributed by atoms with Gasteiger partial charge in [-0.1, -0.05) is 0 Å². The lowest BCUT2D eigenvalue weighted by molar-refractivity contribution is -0.156. The third-order valence-corrected chi connectivity index (χ3v) is 8.31. The fraction of sp³-hybridized carbons (Fsp3) is 0.333. The molecule has 0 bridgehead atoms. The molecule has 1 fully saturated rings. The monoisotopic (exact) mass is 674 g/mol. The molecule has 0 aromatic heterocycles. The molecule has 3 aliphatic rings. The fourth-order valence-electron chi connectivity index (χ4n) is 5.79. The quantitative estimate of drug-likeness (QED) is 0.248. The summed E-state index contributed by atoms with van der Waals surface area (Å²) < 4.78 is 46.4. The molecule has 3 aromatic rings. The summed E-state index contributed by atoms with van der Waals surface area (Å²) in [6.45, 7) is -0.135. The van der Waals surface area contributed by atoms with E-state index in [2.05, 4.69) is 22.6 Å². The number of ether oxygens (including phenoxy) is 8. The van der Waals surface area contributed by atoms with Crippen molar-refractivity contribution < 1.29 is 47.5 Å². The van der Waals surface area contributed by atoms with Gasteiger partial charge in [0.05, 0.1) is 33.9 Å². The van der Waals surface area contributed by atoms with E-state index in [4.69, 9.17) is 37.9 Å². The molecule has 0 amide bonds. The lowest BCUT2D eigenvalue weighted by Gasteiger charge is -2.38. The van der Waals surface area contributed by atoms with Crippen molar-refractivity contribution in [3.05, 3.63) is 68.8 Å². The molecule has 0 spiro atoms. The van der Waals surface area contributed by atoms with Crippen molar-refractivity contribution in [2.45, 2.75) is 12.0 Å². The van der Waals surface area contributed by atoms with E-state index in [0.29, 0.717) is 40.1 Å². The van der Waals surface area contributed by atoms with Crippen molar-refractivity contribution >= 4 is 34.5 Å². The first-order valence-corrected chi connectivity index (χ1v) is 14.0. The largest absolute Gasteiger partial charge is 0.493 e. The number of methoxy groups -OCH3 is 3. The highest BCUT2D eigenvalue weighted by atomic mass is 127. The van der Waals surface area contributed by atoms with Crippen LogP contribution >= 0.6 is 22.6 Å². The van der Waals surface area contributed by atoms with Gasteiger partial charge in [-0.2, -0.15) is 0 Å². The molecule has 214 valence electrons. The lowest BCUT2D eigenvalue weighted by Crippen LogP contribution is -2.37. The Bertz CT molecular complexity index is 1460. The van der Waals surface area contributed by atoms with E-state index < -0.39 is 29.8 Å². The molecule has 0 radical (unpaired) electrons. The summed E-state index contributed by atoms with van der Waals surface area (Å²) in [6, 6.07) is 14.7. The highest BCUT2D eigenvalue weighted by Gasteiger charge is 2.54. The van der Waals surface area contributed by atoms with Crippen LogP contribution in [0.1, 0.15) is 28.7 Å². The predicted molar refractivity (Wildman–Crippen MR) is 152 cm³/mol. The van der Waals surface area contributed by atoms with Crippen LogP contribution in [-0.4, -0.2) is 53.3 Å². The Morgan fingerprint density at radius 3 is 2.20 bits per heavy atom. The second-order valence-electron chi connectivity index (χ2n) is 9.74. The average Bonchev–Trinajstić information content (AvgIpc) is 3.61. The molecule has 1 aliphatic carbocycles. The molecule has 11 heteroatoms. The number of carbonyl (C=O) groups is 2. The van der Waals surface area contributed by atoms with Gasteiger partial charge in [0.1, 0.15) is 11.9 Å². The van der Waals surface area contributed by atoms with Crippen LogP contribution in [0.25, 0.3) is 0 Å². The smallest absolute Gasteiger partial charge is 0.344 e. The maximum atomic E-state index is 13.3. The highest BCUT2D eigenvalue weighted by Crippen LogP contribution is 2.56. The molecule has 0 N–H and O–H groups in total. The Kier molecular flexibility index (Phi) is 7.45. The Morgan fingerprint density at radius 2 is 1.56 bits per heavy atom. The van der Waals surface area contributed by atoms with Gasteiger partial charge < -0.3 is 37.9 Å². The number of rotatable bonds is 8. The lowest BCUT2D eigenvalue weighted by atomic mass is 9.66. The summed E-state index contributed by atoms with van der Waals surface area (Å²) in [5.41, 5.74) is 2.20. The summed E-state index contributed by atoms with van der Waals surface area (Å²) in [5, 5.41) is 0. The summed E-state index contributed by atoms with van der Waals surface area (Å²) in [6.07, 6.45) is -0.776. The number of esters is 2. The van der Waals surface area contributed by atoms with Crippen molar-refractivity contribution in [1.29, 1.82) is 0 Å². The average molecular weight is 674 g/mol. The van der Waals surface area contributed by atoms with Crippen molar-refractivity contribution in [2.75, 3.05) is 41.3 Å². The first-order valence-electron chi connectivity index (χ1n) is 12.9. The Hall–Kier alpha value is -3.87. The van der Waals surface area contributed by atoms with E-state index in [1.807, 2.05) is 36.4 Å². The Labute approximate surface area is 249 Å². The van der Waals surface area contributed by atoms with Crippen molar-refractivity contribution in [2.24, 2.45) is 11.8 Å². The summed E-state index contributed by atoms with van der Waals surface area (Å²) >= 11 is 2.19. The van der Waals surface area contributed by atoms with Gasteiger partial charge in [-0.15, -0.1) is 0 Å². The van der Waals surface area contributed by atoms with E-state index in [9.17, 15) is 9.59 Å². The van der Waals surface area contributed by atoms with Gasteiger partial charge in [0, 0.05) is 21.0 Å². The molecule has 0 saturated carbocycles. The van der Waals surface area contributed by atoms with E-state index in [-0.39, 0.29) is 26.0 Å². The van der Waals surface area contributed by atoms with Crippen molar-refractivity contribution in [3.63, 3.8) is 0 Å². The van der Waals surface area contributed by atoms with Gasteiger partial charge in [-0.25, -0.2) is 4.79 Å². The number of cyclic esters (lactones) is 1. The van der Waals surface area contributed by atoms with Crippen LogP contribution in [0.4, 0.5) is 0 Å². The molecule has 1 saturated heterocycles. The van der Waals surface area contributed by atoms with Crippen LogP contribution in [0, 0.1) is 15.4 Å². The van der Waals surface area contributed by atoms with Crippen molar-refractivity contribution in [3.8, 4) is 34.5 Å². The molecule has 3 aromatic carbocycles. The minimum Gasteiger partial charge on any atom is -0.493 e. The van der Waals surface area contributed by atoms with Gasteiger partial charge in [-0.05, 0) is 82.2 Å². The zero-order valence-electron chi connectivity index (χ0n) is 22.5. The molecular formula is C30H27IO10. The van der Waals surface area contributed by atoms with Gasteiger partial charge in [0.15, 0.2) is 29.6 Å². The summed E-state index contributed by atoms with van der Waals surface area (Å²) in [4.78, 5) is 26.4. The first-order chi connectivity index (χ1) is 19.9. The van der Waals surface area contributed by atoms with Crippen LogP contribution in [0.5, 0.6) is 34.5 Å². The molecule has 2 heterocycles. The molecule has 10 nitrogen and oxygen atoms in total. The number of benzene rings is 3. The molecular weight excluding hydrogens is 647 g/mol. The Morgan fingerprint density at radius 1 is 0.902 bits per heavy atom. The van der Waals surface area contributed by atoms with Gasteiger partial charge in [0.25, 0.3) is 0 Å². The van der Waals surface area contributed by atoms with Crippen LogP contribution in [0.3, 0.4) is 0 Å². The number of carbonyl (C=O) groups excluding carboxylic acids is 2. The standard InChI is InChI=1S/C30H27IO10/c1-34-23-8-15(9-24(35-2)29(23)36-3)26-18-10-21-22(40-14-39-21)11-19(18)28(20-12-38-30(33)27(20)26)41-25(32)13-37-17-6-4-16(31)5-7-17/h4-11,20,26-28H,12-14H2,1-3H3. The zero-order chi connectivity index (χ0) is 28.7. The van der Waals surface area contributed by atoms with E-state index in [1.165, 1.54) is 21.3 Å². The summed E-state index contributed by atoms with van der Waals surface area (Å²) in [7, 11) is 4.60. The zero-order valence-corrected chi connectivity index (χ0v) is 24.7. The van der Waals surface area contributed by atoms with Crippen LogP contribution in [0.15, 0.2) is 48.5 Å². The maximum absolute atomic E-state index is 13.3. The summed E-state index contributed by atoms with van der Waals surface area (Å²) in [5.74, 6) is 0.427.